The third-order valence-electron chi connectivity index (χ3n) is 2.34. The summed E-state index contributed by atoms with van der Waals surface area (Å²) in [7, 11) is 0. The molecule has 1 radical (unpaired) electrons. The lowest BCUT2D eigenvalue weighted by Gasteiger charge is -2.03. The van der Waals surface area contributed by atoms with E-state index >= 15 is 0 Å². The molecule has 0 aliphatic heterocycles. The molecular formula is C11H8NO2S. The number of non-ortho nitro benzene ring substituents is 1. The molecule has 0 atom stereocenters. The first-order chi connectivity index (χ1) is 7.24. The molecule has 75 valence electrons. The van der Waals surface area contributed by atoms with Crippen LogP contribution < -0.4 is 0 Å². The minimum atomic E-state index is -0.366. The SMILES string of the molecule is O=[N+]([O-])c1ccc(C[S])c2ccccc12. The molecule has 2 aromatic carbocycles. The van der Waals surface area contributed by atoms with E-state index in [0.29, 0.717) is 11.1 Å². The van der Waals surface area contributed by atoms with Crippen LogP contribution >= 0.6 is 12.6 Å². The van der Waals surface area contributed by atoms with E-state index in [1.165, 1.54) is 6.07 Å². The average molecular weight is 218 g/mol. The zero-order chi connectivity index (χ0) is 10.8. The van der Waals surface area contributed by atoms with Crippen molar-refractivity contribution < 1.29 is 4.92 Å². The maximum atomic E-state index is 10.8. The molecule has 0 unspecified atom stereocenters. The van der Waals surface area contributed by atoms with Crippen LogP contribution in [-0.2, 0) is 5.75 Å². The van der Waals surface area contributed by atoms with Crippen molar-refractivity contribution in [2.45, 2.75) is 5.75 Å². The van der Waals surface area contributed by atoms with Crippen LogP contribution in [0.1, 0.15) is 5.56 Å². The van der Waals surface area contributed by atoms with E-state index in [-0.39, 0.29) is 10.6 Å². The van der Waals surface area contributed by atoms with Crippen molar-refractivity contribution in [2.75, 3.05) is 0 Å². The zero-order valence-corrected chi connectivity index (χ0v) is 8.66. The van der Waals surface area contributed by atoms with Gasteiger partial charge in [0.1, 0.15) is 0 Å². The highest BCUT2D eigenvalue weighted by Gasteiger charge is 2.12. The third kappa shape index (κ3) is 1.68. The Morgan fingerprint density at radius 1 is 1.13 bits per heavy atom. The van der Waals surface area contributed by atoms with Gasteiger partial charge in [-0.05, 0) is 17.0 Å². The van der Waals surface area contributed by atoms with Gasteiger partial charge in [-0.1, -0.05) is 36.9 Å². The number of nitro groups is 1. The van der Waals surface area contributed by atoms with Crippen molar-refractivity contribution >= 4 is 29.1 Å². The molecule has 0 saturated heterocycles. The Bertz CT molecular complexity index is 525. The second kappa shape index (κ2) is 3.90. The summed E-state index contributed by atoms with van der Waals surface area (Å²) in [5, 5.41) is 12.3. The molecule has 2 rings (SSSR count). The van der Waals surface area contributed by atoms with Crippen LogP contribution in [0.25, 0.3) is 10.8 Å². The van der Waals surface area contributed by atoms with Gasteiger partial charge in [0.2, 0.25) is 0 Å². The van der Waals surface area contributed by atoms with E-state index in [0.717, 1.165) is 10.9 Å². The van der Waals surface area contributed by atoms with Crippen molar-refractivity contribution in [2.24, 2.45) is 0 Å². The lowest BCUT2D eigenvalue weighted by Crippen LogP contribution is -1.91. The highest BCUT2D eigenvalue weighted by atomic mass is 32.1. The van der Waals surface area contributed by atoms with Crippen molar-refractivity contribution in [1.82, 2.24) is 0 Å². The Kier molecular flexibility index (Phi) is 2.60. The van der Waals surface area contributed by atoms with Crippen LogP contribution in [0, 0.1) is 10.1 Å². The molecule has 3 nitrogen and oxygen atoms in total. The van der Waals surface area contributed by atoms with Crippen molar-refractivity contribution in [1.29, 1.82) is 0 Å². The van der Waals surface area contributed by atoms with Gasteiger partial charge in [-0.3, -0.25) is 10.1 Å². The summed E-state index contributed by atoms with van der Waals surface area (Å²) < 4.78 is 0. The highest BCUT2D eigenvalue weighted by molar-refractivity contribution is 7.79. The van der Waals surface area contributed by atoms with E-state index in [4.69, 9.17) is 12.6 Å². The standard InChI is InChI=1S/C11H8NO2S/c13-12(14)11-6-5-8(7-15)9-3-1-2-4-10(9)11/h1-6H,7H2. The van der Waals surface area contributed by atoms with Gasteiger partial charge >= 0.3 is 0 Å². The van der Waals surface area contributed by atoms with Crippen molar-refractivity contribution in [3.8, 4) is 0 Å². The van der Waals surface area contributed by atoms with Gasteiger partial charge in [0.05, 0.1) is 10.3 Å². The van der Waals surface area contributed by atoms with E-state index < -0.39 is 0 Å². The second-order valence-electron chi connectivity index (χ2n) is 3.19. The lowest BCUT2D eigenvalue weighted by molar-refractivity contribution is -0.383. The molecule has 0 N–H and O–H groups in total. The molecule has 2 aromatic rings. The molecule has 15 heavy (non-hydrogen) atoms. The molecule has 0 spiro atoms. The Morgan fingerprint density at radius 2 is 1.80 bits per heavy atom. The summed E-state index contributed by atoms with van der Waals surface area (Å²) in [5.74, 6) is 0.471. The van der Waals surface area contributed by atoms with Crippen LogP contribution in [-0.4, -0.2) is 4.92 Å². The average Bonchev–Trinajstić information content (AvgIpc) is 2.27. The topological polar surface area (TPSA) is 43.1 Å². The van der Waals surface area contributed by atoms with Gasteiger partial charge in [-0.15, -0.1) is 0 Å². The fourth-order valence-corrected chi connectivity index (χ4v) is 1.88. The van der Waals surface area contributed by atoms with E-state index in [9.17, 15) is 10.1 Å². The van der Waals surface area contributed by atoms with E-state index in [1.807, 2.05) is 12.1 Å². The largest absolute Gasteiger partial charge is 0.277 e. The van der Waals surface area contributed by atoms with Gasteiger partial charge in [0.15, 0.2) is 0 Å². The van der Waals surface area contributed by atoms with Gasteiger partial charge < -0.3 is 0 Å². The van der Waals surface area contributed by atoms with Crippen molar-refractivity contribution in [3.05, 3.63) is 52.1 Å². The van der Waals surface area contributed by atoms with E-state index in [2.05, 4.69) is 0 Å². The number of benzene rings is 2. The summed E-state index contributed by atoms with van der Waals surface area (Å²) in [6, 6.07) is 10.5. The van der Waals surface area contributed by atoms with Gasteiger partial charge in [-0.2, -0.15) is 0 Å². The molecule has 0 fully saturated rings. The maximum absolute atomic E-state index is 10.8. The summed E-state index contributed by atoms with van der Waals surface area (Å²) >= 11 is 4.99. The van der Waals surface area contributed by atoms with Crippen LogP contribution in [0.2, 0.25) is 0 Å². The monoisotopic (exact) mass is 218 g/mol. The highest BCUT2D eigenvalue weighted by Crippen LogP contribution is 2.28. The van der Waals surface area contributed by atoms with E-state index in [1.54, 1.807) is 18.2 Å². The van der Waals surface area contributed by atoms with Crippen LogP contribution in [0.4, 0.5) is 5.69 Å². The normalized spacial score (nSPS) is 10.5. The Hall–Kier alpha value is -1.55. The minimum Gasteiger partial charge on any atom is -0.258 e. The Balaban J connectivity index is 2.83. The predicted molar refractivity (Wildman–Crippen MR) is 61.9 cm³/mol. The molecule has 0 bridgehead atoms. The number of hydrogen-bond donors (Lipinski definition) is 0. The molecular weight excluding hydrogens is 210 g/mol. The summed E-state index contributed by atoms with van der Waals surface area (Å²) in [6.45, 7) is 0. The fourth-order valence-electron chi connectivity index (χ4n) is 1.63. The molecule has 0 heterocycles. The molecule has 0 aliphatic rings. The smallest absolute Gasteiger partial charge is 0.258 e. The Labute approximate surface area is 92.3 Å². The second-order valence-corrected chi connectivity index (χ2v) is 3.48. The summed E-state index contributed by atoms with van der Waals surface area (Å²) in [6.07, 6.45) is 0. The summed E-state index contributed by atoms with van der Waals surface area (Å²) in [5.41, 5.74) is 1.10. The molecule has 0 aliphatic carbocycles. The molecule has 4 heteroatoms. The van der Waals surface area contributed by atoms with Gasteiger partial charge in [-0.25, -0.2) is 0 Å². The van der Waals surface area contributed by atoms with Crippen LogP contribution in [0.15, 0.2) is 36.4 Å². The number of fused-ring (bicyclic) bond motifs is 1. The third-order valence-corrected chi connectivity index (χ3v) is 2.65. The van der Waals surface area contributed by atoms with Gasteiger partial charge in [0.25, 0.3) is 5.69 Å². The number of nitrogens with zero attached hydrogens (tertiary/aromatic N) is 1. The van der Waals surface area contributed by atoms with Gasteiger partial charge in [0, 0.05) is 11.8 Å². The Morgan fingerprint density at radius 3 is 2.40 bits per heavy atom. The van der Waals surface area contributed by atoms with Crippen LogP contribution in [0.3, 0.4) is 0 Å². The first-order valence-corrected chi connectivity index (χ1v) is 5.05. The lowest BCUT2D eigenvalue weighted by atomic mass is 10.0. The maximum Gasteiger partial charge on any atom is 0.277 e. The number of nitro benzene ring substituents is 1. The summed E-state index contributed by atoms with van der Waals surface area (Å²) in [4.78, 5) is 10.4. The van der Waals surface area contributed by atoms with Crippen LogP contribution in [0.5, 0.6) is 0 Å². The number of rotatable bonds is 2. The number of hydrogen-bond acceptors (Lipinski definition) is 2. The molecule has 0 aromatic heterocycles. The first-order valence-electron chi connectivity index (χ1n) is 4.47. The minimum absolute atomic E-state index is 0.137. The first kappa shape index (κ1) is 9.98. The molecule has 0 saturated carbocycles. The zero-order valence-electron chi connectivity index (χ0n) is 7.84. The fraction of sp³-hybridized carbons (Fsp3) is 0.0909. The quantitative estimate of drug-likeness (QED) is 0.572. The molecule has 0 amide bonds. The predicted octanol–water partition coefficient (Wildman–Crippen LogP) is 3.45. The van der Waals surface area contributed by atoms with Crippen molar-refractivity contribution in [3.63, 3.8) is 0 Å².